The van der Waals surface area contributed by atoms with E-state index in [1.54, 1.807) is 16.0 Å². The second kappa shape index (κ2) is 7.73. The van der Waals surface area contributed by atoms with Crippen LogP contribution in [0.15, 0.2) is 60.3 Å². The average Bonchev–Trinajstić information content (AvgIpc) is 3.40. The van der Waals surface area contributed by atoms with E-state index in [1.807, 2.05) is 36.4 Å². The number of rotatable bonds is 4. The number of hydrogen-bond acceptors (Lipinski definition) is 5. The monoisotopic (exact) mass is 435 g/mol. The molecule has 2 unspecified atom stereocenters. The van der Waals surface area contributed by atoms with Crippen LogP contribution in [0.4, 0.5) is 16.2 Å². The van der Waals surface area contributed by atoms with Crippen LogP contribution in [0.1, 0.15) is 18.0 Å². The van der Waals surface area contributed by atoms with Crippen molar-refractivity contribution in [3.05, 3.63) is 60.8 Å². The molecule has 9 heteroatoms. The van der Waals surface area contributed by atoms with E-state index in [2.05, 4.69) is 22.2 Å². The number of amides is 4. The summed E-state index contributed by atoms with van der Waals surface area (Å²) in [6.07, 6.45) is 3.65. The Morgan fingerprint density at radius 1 is 1.26 bits per heavy atom. The van der Waals surface area contributed by atoms with Gasteiger partial charge >= 0.3 is 6.03 Å². The van der Waals surface area contributed by atoms with Gasteiger partial charge in [-0.25, -0.2) is 9.78 Å². The average molecular weight is 436 g/mol. The highest BCUT2D eigenvalue weighted by Gasteiger charge is 2.47. The number of benzene rings is 1. The highest BCUT2D eigenvalue weighted by molar-refractivity contribution is 8.01. The van der Waals surface area contributed by atoms with E-state index in [4.69, 9.17) is 0 Å². The van der Waals surface area contributed by atoms with E-state index in [0.29, 0.717) is 19.5 Å². The lowest BCUT2D eigenvalue weighted by atomic mass is 9.99. The zero-order valence-electron chi connectivity index (χ0n) is 16.7. The first-order valence-corrected chi connectivity index (χ1v) is 11.0. The van der Waals surface area contributed by atoms with E-state index in [9.17, 15) is 14.4 Å². The van der Waals surface area contributed by atoms with Gasteiger partial charge < -0.3 is 15.5 Å². The molecular formula is C22H21N5O3S. The lowest BCUT2D eigenvalue weighted by Crippen LogP contribution is -2.50. The van der Waals surface area contributed by atoms with Gasteiger partial charge in [-0.05, 0) is 30.7 Å². The number of anilines is 2. The maximum Gasteiger partial charge on any atom is 0.327 e. The van der Waals surface area contributed by atoms with Gasteiger partial charge in [0.2, 0.25) is 11.8 Å². The van der Waals surface area contributed by atoms with Crippen LogP contribution in [0.2, 0.25) is 0 Å². The molecule has 0 spiro atoms. The summed E-state index contributed by atoms with van der Waals surface area (Å²) < 4.78 is 0. The number of hydrogen-bond donors (Lipinski definition) is 2. The minimum Gasteiger partial charge on any atom is -0.350 e. The highest BCUT2D eigenvalue weighted by Crippen LogP contribution is 2.50. The number of para-hydroxylation sites is 1. The Morgan fingerprint density at radius 3 is 2.84 bits per heavy atom. The molecule has 3 atom stereocenters. The first-order valence-electron chi connectivity index (χ1n) is 10.1. The topological polar surface area (TPSA) is 94.6 Å². The van der Waals surface area contributed by atoms with Crippen molar-refractivity contribution in [1.29, 1.82) is 0 Å². The van der Waals surface area contributed by atoms with Crippen molar-refractivity contribution in [2.45, 2.75) is 28.8 Å². The van der Waals surface area contributed by atoms with E-state index in [0.717, 1.165) is 22.0 Å². The number of pyridine rings is 1. The maximum atomic E-state index is 13.1. The molecule has 3 aliphatic rings. The molecule has 1 saturated heterocycles. The number of thioether (sulfide) groups is 1. The smallest absolute Gasteiger partial charge is 0.327 e. The molecule has 4 amide bonds. The van der Waals surface area contributed by atoms with Crippen molar-refractivity contribution in [2.75, 3.05) is 18.0 Å². The van der Waals surface area contributed by atoms with Crippen LogP contribution in [-0.2, 0) is 9.59 Å². The number of carbonyl (C=O) groups excluding carboxylic acids is 3. The fourth-order valence-corrected chi connectivity index (χ4v) is 5.59. The molecule has 1 fully saturated rings. The Labute approximate surface area is 183 Å². The summed E-state index contributed by atoms with van der Waals surface area (Å²) >= 11 is 1.36. The summed E-state index contributed by atoms with van der Waals surface area (Å²) in [6, 6.07) is 10.4. The Morgan fingerprint density at radius 2 is 2.06 bits per heavy atom. The molecule has 8 nitrogen and oxygen atoms in total. The second-order valence-corrected chi connectivity index (χ2v) is 8.80. The normalized spacial score (nSPS) is 23.9. The first-order chi connectivity index (χ1) is 15.1. The molecule has 2 N–H and O–H groups in total. The van der Waals surface area contributed by atoms with Crippen LogP contribution >= 0.6 is 11.8 Å². The molecular weight excluding hydrogens is 414 g/mol. The summed E-state index contributed by atoms with van der Waals surface area (Å²) in [5, 5.41) is 6.28. The number of nitrogens with one attached hydrogen (secondary N) is 2. The molecule has 0 bridgehead atoms. The lowest BCUT2D eigenvalue weighted by Gasteiger charge is -2.34. The predicted octanol–water partition coefficient (Wildman–Crippen LogP) is 2.36. The van der Waals surface area contributed by atoms with Gasteiger partial charge in [-0.2, -0.15) is 0 Å². The van der Waals surface area contributed by atoms with Crippen molar-refractivity contribution in [2.24, 2.45) is 0 Å². The molecule has 0 saturated carbocycles. The SMILES string of the molecule is C=CC(=O)N1CCC(NC(=O)[C@@H]2Sc3nccc4c3C2NC(=O)N4c2ccccc2)C1. The number of carbonyl (C=O) groups is 3. The Hall–Kier alpha value is -3.33. The molecule has 4 heterocycles. The molecule has 3 aliphatic heterocycles. The molecule has 31 heavy (non-hydrogen) atoms. The summed E-state index contributed by atoms with van der Waals surface area (Å²) in [7, 11) is 0. The molecule has 1 aromatic carbocycles. The van der Waals surface area contributed by atoms with Crippen molar-refractivity contribution >= 4 is 41.0 Å². The van der Waals surface area contributed by atoms with Crippen molar-refractivity contribution in [3.8, 4) is 0 Å². The summed E-state index contributed by atoms with van der Waals surface area (Å²) in [6.45, 7) is 4.57. The van der Waals surface area contributed by atoms with Crippen LogP contribution in [0, 0.1) is 0 Å². The number of likely N-dealkylation sites (tertiary alicyclic amines) is 1. The fourth-order valence-electron chi connectivity index (χ4n) is 4.35. The number of aromatic nitrogens is 1. The zero-order chi connectivity index (χ0) is 21.5. The molecule has 2 aromatic rings. The Bertz CT molecular complexity index is 1080. The van der Waals surface area contributed by atoms with Crippen LogP contribution < -0.4 is 15.5 Å². The van der Waals surface area contributed by atoms with Crippen molar-refractivity contribution in [3.63, 3.8) is 0 Å². The van der Waals surface area contributed by atoms with Crippen LogP contribution in [0.25, 0.3) is 0 Å². The van der Waals surface area contributed by atoms with Crippen molar-refractivity contribution in [1.82, 2.24) is 20.5 Å². The quantitative estimate of drug-likeness (QED) is 0.719. The Kier molecular flexibility index (Phi) is 4.90. The Balaban J connectivity index is 1.38. The van der Waals surface area contributed by atoms with E-state index >= 15 is 0 Å². The van der Waals surface area contributed by atoms with Gasteiger partial charge in [-0.15, -0.1) is 0 Å². The van der Waals surface area contributed by atoms with E-state index in [1.165, 1.54) is 17.8 Å². The van der Waals surface area contributed by atoms with Crippen LogP contribution in [-0.4, -0.2) is 52.1 Å². The van der Waals surface area contributed by atoms with Gasteiger partial charge in [0.25, 0.3) is 0 Å². The maximum absolute atomic E-state index is 13.1. The van der Waals surface area contributed by atoms with Gasteiger partial charge in [0.1, 0.15) is 10.3 Å². The lowest BCUT2D eigenvalue weighted by molar-refractivity contribution is -0.126. The van der Waals surface area contributed by atoms with Gasteiger partial charge in [0.15, 0.2) is 0 Å². The van der Waals surface area contributed by atoms with Crippen LogP contribution in [0.5, 0.6) is 0 Å². The second-order valence-electron chi connectivity index (χ2n) is 7.67. The summed E-state index contributed by atoms with van der Waals surface area (Å²) in [5.74, 6) is -0.293. The van der Waals surface area contributed by atoms with Gasteiger partial charge in [0.05, 0.1) is 17.4 Å². The minimum atomic E-state index is -0.519. The van der Waals surface area contributed by atoms with Gasteiger partial charge in [-0.3, -0.25) is 14.5 Å². The summed E-state index contributed by atoms with van der Waals surface area (Å²) in [4.78, 5) is 45.7. The molecule has 0 aliphatic carbocycles. The van der Waals surface area contributed by atoms with Gasteiger partial charge in [-0.1, -0.05) is 36.5 Å². The zero-order valence-corrected chi connectivity index (χ0v) is 17.5. The molecule has 1 aromatic heterocycles. The largest absolute Gasteiger partial charge is 0.350 e. The molecule has 158 valence electrons. The number of nitrogens with zero attached hydrogens (tertiary/aromatic N) is 3. The third kappa shape index (κ3) is 3.34. The molecule has 0 radical (unpaired) electrons. The standard InChI is InChI=1S/C22H21N5O3S/c1-2-16(28)26-11-9-13(12-26)24-20(29)19-18-17-15(8-10-23-21(17)31-19)27(22(30)25-18)14-6-4-3-5-7-14/h2-8,10,13,18-19H,1,9,11-12H2,(H,24,29)(H,25,30)/t13?,18?,19-/m1/s1. The van der Waals surface area contributed by atoms with E-state index in [-0.39, 0.29) is 23.9 Å². The minimum absolute atomic E-state index is 0.117. The fraction of sp³-hybridized carbons (Fsp3) is 0.273. The van der Waals surface area contributed by atoms with Crippen molar-refractivity contribution < 1.29 is 14.4 Å². The van der Waals surface area contributed by atoms with Crippen LogP contribution in [0.3, 0.4) is 0 Å². The van der Waals surface area contributed by atoms with Gasteiger partial charge in [0, 0.05) is 30.9 Å². The highest BCUT2D eigenvalue weighted by atomic mass is 32.2. The third-order valence-corrected chi connectivity index (χ3v) is 7.09. The summed E-state index contributed by atoms with van der Waals surface area (Å²) in [5.41, 5.74) is 2.37. The van der Waals surface area contributed by atoms with E-state index < -0.39 is 11.3 Å². The first kappa shape index (κ1) is 19.6. The predicted molar refractivity (Wildman–Crippen MR) is 117 cm³/mol. The molecule has 5 rings (SSSR count). The third-order valence-electron chi connectivity index (χ3n) is 5.80. The number of urea groups is 1.